The van der Waals surface area contributed by atoms with Gasteiger partial charge in [-0.3, -0.25) is 0 Å². The monoisotopic (exact) mass is 276 g/mol. The van der Waals surface area contributed by atoms with Crippen LogP contribution in [0.1, 0.15) is 19.3 Å². The van der Waals surface area contributed by atoms with E-state index in [1.54, 1.807) is 0 Å². The third kappa shape index (κ3) is 11.9. The van der Waals surface area contributed by atoms with Crippen LogP contribution >= 0.6 is 0 Å². The summed E-state index contributed by atoms with van der Waals surface area (Å²) < 4.78 is 60.2. The molecule has 0 rings (SSSR count). The zero-order valence-electron chi connectivity index (χ0n) is 10.0. The van der Waals surface area contributed by atoms with Gasteiger partial charge >= 0.3 is 6.18 Å². The maximum atomic E-state index is 11.8. The summed E-state index contributed by atoms with van der Waals surface area (Å²) in [4.78, 5) is 1.90. The Morgan fingerprint density at radius 1 is 1.18 bits per heavy atom. The van der Waals surface area contributed by atoms with Crippen molar-refractivity contribution in [3.8, 4) is 0 Å². The second-order valence-electron chi connectivity index (χ2n) is 4.09. The van der Waals surface area contributed by atoms with Crippen LogP contribution < -0.4 is 4.72 Å². The summed E-state index contributed by atoms with van der Waals surface area (Å²) in [5.41, 5.74) is 0. The fraction of sp³-hybridized carbons (Fsp3) is 1.00. The van der Waals surface area contributed by atoms with Gasteiger partial charge in [0, 0.05) is 13.0 Å². The van der Waals surface area contributed by atoms with Crippen LogP contribution in [0.4, 0.5) is 13.2 Å². The molecule has 0 amide bonds. The fourth-order valence-electron chi connectivity index (χ4n) is 1.16. The van der Waals surface area contributed by atoms with Gasteiger partial charge in [-0.2, -0.15) is 13.2 Å². The summed E-state index contributed by atoms with van der Waals surface area (Å²) in [5.74, 6) is -0.478. The Hall–Kier alpha value is -0.340. The van der Waals surface area contributed by atoms with Crippen molar-refractivity contribution in [2.75, 3.05) is 32.9 Å². The highest BCUT2D eigenvalue weighted by molar-refractivity contribution is 7.89. The van der Waals surface area contributed by atoms with Gasteiger partial charge in [-0.25, -0.2) is 13.1 Å². The summed E-state index contributed by atoms with van der Waals surface area (Å²) in [6, 6.07) is 0. The predicted molar refractivity (Wildman–Crippen MR) is 60.2 cm³/mol. The molecule has 0 saturated carbocycles. The van der Waals surface area contributed by atoms with Gasteiger partial charge in [-0.05, 0) is 33.5 Å². The molecule has 0 aliphatic rings. The molecule has 0 atom stereocenters. The predicted octanol–water partition coefficient (Wildman–Crippen LogP) is 1.20. The van der Waals surface area contributed by atoms with Crippen LogP contribution in [0.3, 0.4) is 0 Å². The van der Waals surface area contributed by atoms with E-state index in [9.17, 15) is 21.6 Å². The Bertz CT molecular complexity index is 302. The quantitative estimate of drug-likeness (QED) is 0.678. The topological polar surface area (TPSA) is 49.4 Å². The average Bonchev–Trinajstić information content (AvgIpc) is 2.09. The first kappa shape index (κ1) is 16.7. The van der Waals surface area contributed by atoms with Crippen molar-refractivity contribution in [1.29, 1.82) is 0 Å². The average molecular weight is 276 g/mol. The molecular formula is C9H19F3N2O2S. The molecule has 17 heavy (non-hydrogen) atoms. The first-order valence-corrected chi connectivity index (χ1v) is 6.96. The second-order valence-corrected chi connectivity index (χ2v) is 6.02. The number of hydrogen-bond donors (Lipinski definition) is 1. The third-order valence-corrected chi connectivity index (χ3v) is 3.45. The van der Waals surface area contributed by atoms with Crippen LogP contribution in [0.15, 0.2) is 0 Å². The van der Waals surface area contributed by atoms with Crippen molar-refractivity contribution in [2.45, 2.75) is 25.4 Å². The summed E-state index contributed by atoms with van der Waals surface area (Å²) in [7, 11) is 0.147. The number of hydrogen-bond acceptors (Lipinski definition) is 3. The van der Waals surface area contributed by atoms with E-state index in [0.717, 1.165) is 6.54 Å². The van der Waals surface area contributed by atoms with Gasteiger partial charge < -0.3 is 4.90 Å². The molecular weight excluding hydrogens is 257 g/mol. The van der Waals surface area contributed by atoms with E-state index >= 15 is 0 Å². The van der Waals surface area contributed by atoms with Gasteiger partial charge in [-0.1, -0.05) is 0 Å². The molecule has 0 saturated heterocycles. The zero-order valence-corrected chi connectivity index (χ0v) is 10.9. The van der Waals surface area contributed by atoms with E-state index in [4.69, 9.17) is 0 Å². The number of halogens is 3. The molecule has 0 radical (unpaired) electrons. The van der Waals surface area contributed by atoms with Crippen LogP contribution in [-0.4, -0.2) is 52.4 Å². The van der Waals surface area contributed by atoms with Gasteiger partial charge in [0.1, 0.15) is 0 Å². The van der Waals surface area contributed by atoms with Crippen molar-refractivity contribution in [1.82, 2.24) is 9.62 Å². The lowest BCUT2D eigenvalue weighted by atomic mass is 10.3. The molecule has 1 N–H and O–H groups in total. The minimum Gasteiger partial charge on any atom is -0.309 e. The molecule has 0 aliphatic heterocycles. The van der Waals surface area contributed by atoms with E-state index in [1.165, 1.54) is 0 Å². The van der Waals surface area contributed by atoms with Crippen LogP contribution in [0.2, 0.25) is 0 Å². The molecule has 0 spiro atoms. The molecule has 0 bridgehead atoms. The molecule has 0 aromatic rings. The molecule has 0 aliphatic carbocycles. The number of rotatable bonds is 8. The van der Waals surface area contributed by atoms with Crippen molar-refractivity contribution < 1.29 is 21.6 Å². The van der Waals surface area contributed by atoms with Gasteiger partial charge in [-0.15, -0.1) is 0 Å². The molecule has 4 nitrogen and oxygen atoms in total. The normalized spacial score (nSPS) is 13.3. The number of alkyl halides is 3. The first-order chi connectivity index (χ1) is 7.62. The summed E-state index contributed by atoms with van der Waals surface area (Å²) >= 11 is 0. The van der Waals surface area contributed by atoms with Gasteiger partial charge in [0.25, 0.3) is 0 Å². The number of nitrogens with one attached hydrogen (secondary N) is 1. The standard InChI is InChI=1S/C9H19F3N2O2S/c1-14(2)7-4-6-13-17(15,16)8-3-5-9(10,11)12/h13H,3-8H2,1-2H3. The maximum absolute atomic E-state index is 11.8. The molecule has 0 unspecified atom stereocenters. The number of nitrogens with zero attached hydrogens (tertiary/aromatic N) is 1. The molecule has 0 aromatic carbocycles. The van der Waals surface area contributed by atoms with E-state index in [0.29, 0.717) is 6.42 Å². The summed E-state index contributed by atoms with van der Waals surface area (Å²) in [6.45, 7) is 0.984. The lowest BCUT2D eigenvalue weighted by Crippen LogP contribution is -2.29. The van der Waals surface area contributed by atoms with Crippen molar-refractivity contribution in [3.05, 3.63) is 0 Å². The Labute approximate surface area is 100 Å². The summed E-state index contributed by atoms with van der Waals surface area (Å²) in [6.07, 6.45) is -5.12. The van der Waals surface area contributed by atoms with Crippen molar-refractivity contribution in [2.24, 2.45) is 0 Å². The Morgan fingerprint density at radius 3 is 2.24 bits per heavy atom. The zero-order chi connectivity index (χ0) is 13.5. The molecule has 0 aromatic heterocycles. The Kier molecular flexibility index (Phi) is 7.03. The lowest BCUT2D eigenvalue weighted by Gasteiger charge is -2.10. The largest absolute Gasteiger partial charge is 0.389 e. The smallest absolute Gasteiger partial charge is 0.309 e. The van der Waals surface area contributed by atoms with Gasteiger partial charge in [0.05, 0.1) is 5.75 Å². The molecule has 8 heteroatoms. The van der Waals surface area contributed by atoms with Crippen LogP contribution in [0, 0.1) is 0 Å². The Balaban J connectivity index is 3.74. The highest BCUT2D eigenvalue weighted by Crippen LogP contribution is 2.21. The van der Waals surface area contributed by atoms with Crippen LogP contribution in [0.25, 0.3) is 0 Å². The van der Waals surface area contributed by atoms with Crippen molar-refractivity contribution >= 4 is 10.0 Å². The lowest BCUT2D eigenvalue weighted by molar-refractivity contribution is -0.134. The molecule has 0 heterocycles. The van der Waals surface area contributed by atoms with E-state index in [-0.39, 0.29) is 6.54 Å². The van der Waals surface area contributed by atoms with E-state index in [2.05, 4.69) is 4.72 Å². The molecule has 104 valence electrons. The minimum absolute atomic E-state index is 0.256. The summed E-state index contributed by atoms with van der Waals surface area (Å²) in [5, 5.41) is 0. The highest BCUT2D eigenvalue weighted by atomic mass is 32.2. The fourth-order valence-corrected chi connectivity index (χ4v) is 2.28. The number of sulfonamides is 1. The van der Waals surface area contributed by atoms with Crippen LogP contribution in [-0.2, 0) is 10.0 Å². The SMILES string of the molecule is CN(C)CCCNS(=O)(=O)CCCC(F)(F)F. The van der Waals surface area contributed by atoms with Gasteiger partial charge in [0.2, 0.25) is 10.0 Å². The minimum atomic E-state index is -4.29. The van der Waals surface area contributed by atoms with E-state index in [1.807, 2.05) is 19.0 Å². The van der Waals surface area contributed by atoms with Crippen LogP contribution in [0.5, 0.6) is 0 Å². The van der Waals surface area contributed by atoms with E-state index < -0.39 is 34.8 Å². The first-order valence-electron chi connectivity index (χ1n) is 5.31. The van der Waals surface area contributed by atoms with Gasteiger partial charge in [0.15, 0.2) is 0 Å². The highest BCUT2D eigenvalue weighted by Gasteiger charge is 2.27. The second kappa shape index (κ2) is 7.17. The Morgan fingerprint density at radius 2 is 1.76 bits per heavy atom. The molecule has 0 fully saturated rings. The van der Waals surface area contributed by atoms with Crippen molar-refractivity contribution in [3.63, 3.8) is 0 Å². The maximum Gasteiger partial charge on any atom is 0.389 e. The third-order valence-electron chi connectivity index (χ3n) is 1.98.